The Morgan fingerprint density at radius 2 is 1.69 bits per heavy atom. The number of hydrogen-bond donors (Lipinski definition) is 1. The number of rotatable bonds is 2. The lowest BCUT2D eigenvalue weighted by atomic mass is 10.1. The van der Waals surface area contributed by atoms with Crippen LogP contribution < -0.4 is 0 Å². The average molecular weight is 188 g/mol. The lowest BCUT2D eigenvalue weighted by molar-refractivity contribution is 0.227. The fraction of sp³-hybridized carbons (Fsp3) is 0.111. The highest BCUT2D eigenvalue weighted by Crippen LogP contribution is 2.19. The molecule has 0 bridgehead atoms. The van der Waals surface area contributed by atoms with Gasteiger partial charge in [0.1, 0.15) is 0 Å². The summed E-state index contributed by atoms with van der Waals surface area (Å²) in [4.78, 5) is 0. The van der Waals surface area contributed by atoms with E-state index in [1.807, 2.05) is 0 Å². The van der Waals surface area contributed by atoms with Crippen molar-refractivity contribution in [1.82, 2.24) is 0 Å². The summed E-state index contributed by atoms with van der Waals surface area (Å²) >= 11 is 0. The van der Waals surface area contributed by atoms with Crippen molar-refractivity contribution in [2.45, 2.75) is 6.10 Å². The summed E-state index contributed by atoms with van der Waals surface area (Å²) in [5, 5.41) is 9.10. The molecule has 1 unspecified atom stereocenters. The Morgan fingerprint density at radius 1 is 1.23 bits per heavy atom. The van der Waals surface area contributed by atoms with Crippen LogP contribution in [0.5, 0.6) is 0 Å². The van der Waals surface area contributed by atoms with Gasteiger partial charge in [0.15, 0.2) is 17.5 Å². The Labute approximate surface area is 73.1 Å². The van der Waals surface area contributed by atoms with Crippen molar-refractivity contribution in [2.24, 2.45) is 0 Å². The van der Waals surface area contributed by atoms with E-state index in [-0.39, 0.29) is 5.56 Å². The van der Waals surface area contributed by atoms with E-state index in [0.717, 1.165) is 18.2 Å². The number of aliphatic hydroxyl groups excluding tert-OH is 1. The van der Waals surface area contributed by atoms with Crippen molar-refractivity contribution in [3.63, 3.8) is 0 Å². The first-order valence-corrected chi connectivity index (χ1v) is 3.51. The van der Waals surface area contributed by atoms with Crippen LogP contribution in [0, 0.1) is 17.5 Å². The zero-order chi connectivity index (χ0) is 10.0. The molecule has 0 aliphatic heterocycles. The standard InChI is InChI=1S/C9H7F3O/c1-2-8(13)5-3-6(10)9(12)7(11)4-5/h2-4,8,13H,1H2. The van der Waals surface area contributed by atoms with Gasteiger partial charge in [0, 0.05) is 0 Å². The van der Waals surface area contributed by atoms with Gasteiger partial charge < -0.3 is 5.11 Å². The summed E-state index contributed by atoms with van der Waals surface area (Å²) in [6.45, 7) is 3.23. The fourth-order valence-corrected chi connectivity index (χ4v) is 0.882. The van der Waals surface area contributed by atoms with Crippen LogP contribution in [0.1, 0.15) is 11.7 Å². The molecule has 1 N–H and O–H groups in total. The van der Waals surface area contributed by atoms with Crippen molar-refractivity contribution in [2.75, 3.05) is 0 Å². The van der Waals surface area contributed by atoms with Crippen molar-refractivity contribution < 1.29 is 18.3 Å². The van der Waals surface area contributed by atoms with Crippen molar-refractivity contribution >= 4 is 0 Å². The molecular weight excluding hydrogens is 181 g/mol. The molecule has 0 aliphatic carbocycles. The Morgan fingerprint density at radius 3 is 2.08 bits per heavy atom. The fourth-order valence-electron chi connectivity index (χ4n) is 0.882. The maximum Gasteiger partial charge on any atom is 0.194 e. The van der Waals surface area contributed by atoms with Gasteiger partial charge in [0.25, 0.3) is 0 Å². The van der Waals surface area contributed by atoms with E-state index in [2.05, 4.69) is 6.58 Å². The van der Waals surface area contributed by atoms with Crippen molar-refractivity contribution in [3.8, 4) is 0 Å². The van der Waals surface area contributed by atoms with Gasteiger partial charge in [-0.1, -0.05) is 6.08 Å². The average Bonchev–Trinajstić information content (AvgIpc) is 2.12. The molecule has 0 saturated heterocycles. The van der Waals surface area contributed by atoms with E-state index in [1.54, 1.807) is 0 Å². The molecule has 0 aliphatic rings. The molecule has 13 heavy (non-hydrogen) atoms. The third-order valence-electron chi connectivity index (χ3n) is 1.57. The molecule has 1 nitrogen and oxygen atoms in total. The SMILES string of the molecule is C=CC(O)c1cc(F)c(F)c(F)c1. The van der Waals surface area contributed by atoms with Gasteiger partial charge in [-0.05, 0) is 17.7 Å². The first-order chi connectivity index (χ1) is 6.06. The minimum absolute atomic E-state index is 0.0635. The van der Waals surface area contributed by atoms with Gasteiger partial charge in [0.05, 0.1) is 6.10 Å². The molecule has 1 aromatic rings. The zero-order valence-electron chi connectivity index (χ0n) is 6.60. The Hall–Kier alpha value is -1.29. The molecule has 1 rings (SSSR count). The van der Waals surface area contributed by atoms with Gasteiger partial charge in [-0.25, -0.2) is 13.2 Å². The lowest BCUT2D eigenvalue weighted by Crippen LogP contribution is -1.98. The van der Waals surface area contributed by atoms with E-state index in [9.17, 15) is 13.2 Å². The Bertz CT molecular complexity index is 313. The normalized spacial score (nSPS) is 12.6. The summed E-state index contributed by atoms with van der Waals surface area (Å²) in [7, 11) is 0. The quantitative estimate of drug-likeness (QED) is 0.557. The number of benzene rings is 1. The molecule has 1 aromatic carbocycles. The van der Waals surface area contributed by atoms with Crippen LogP contribution in [-0.2, 0) is 0 Å². The molecule has 70 valence electrons. The summed E-state index contributed by atoms with van der Waals surface area (Å²) < 4.78 is 37.6. The summed E-state index contributed by atoms with van der Waals surface area (Å²) in [6, 6.07) is 1.45. The van der Waals surface area contributed by atoms with Crippen LogP contribution in [0.2, 0.25) is 0 Å². The third kappa shape index (κ3) is 1.89. The molecule has 0 amide bonds. The molecule has 4 heteroatoms. The summed E-state index contributed by atoms with van der Waals surface area (Å²) in [5.74, 6) is -4.19. The minimum Gasteiger partial charge on any atom is -0.384 e. The van der Waals surface area contributed by atoms with Gasteiger partial charge in [-0.3, -0.25) is 0 Å². The molecule has 0 saturated carbocycles. The number of halogens is 3. The van der Waals surface area contributed by atoms with Crippen LogP contribution in [-0.4, -0.2) is 5.11 Å². The largest absolute Gasteiger partial charge is 0.384 e. The van der Waals surface area contributed by atoms with E-state index >= 15 is 0 Å². The van der Waals surface area contributed by atoms with Gasteiger partial charge in [-0.2, -0.15) is 0 Å². The van der Waals surface area contributed by atoms with Gasteiger partial charge in [-0.15, -0.1) is 6.58 Å². The predicted molar refractivity (Wildman–Crippen MR) is 41.5 cm³/mol. The molecule has 0 spiro atoms. The molecule has 0 heterocycles. The minimum atomic E-state index is -1.54. The second-order valence-electron chi connectivity index (χ2n) is 2.48. The van der Waals surface area contributed by atoms with Crippen LogP contribution in [0.15, 0.2) is 24.8 Å². The predicted octanol–water partition coefficient (Wildman–Crippen LogP) is 2.32. The van der Waals surface area contributed by atoms with Crippen molar-refractivity contribution in [1.29, 1.82) is 0 Å². The first-order valence-electron chi connectivity index (χ1n) is 3.51. The topological polar surface area (TPSA) is 20.2 Å². The zero-order valence-corrected chi connectivity index (χ0v) is 6.60. The van der Waals surface area contributed by atoms with Crippen molar-refractivity contribution in [3.05, 3.63) is 47.8 Å². The second kappa shape index (κ2) is 3.62. The Balaban J connectivity index is 3.20. The Kier molecular flexibility index (Phi) is 2.72. The summed E-state index contributed by atoms with van der Waals surface area (Å²) in [5.41, 5.74) is -0.0635. The maximum absolute atomic E-state index is 12.6. The summed E-state index contributed by atoms with van der Waals surface area (Å²) in [6.07, 6.45) is -0.101. The smallest absolute Gasteiger partial charge is 0.194 e. The highest BCUT2D eigenvalue weighted by Gasteiger charge is 2.13. The second-order valence-corrected chi connectivity index (χ2v) is 2.48. The molecular formula is C9H7F3O. The highest BCUT2D eigenvalue weighted by atomic mass is 19.2. The lowest BCUT2D eigenvalue weighted by Gasteiger charge is -2.05. The highest BCUT2D eigenvalue weighted by molar-refractivity contribution is 5.23. The molecule has 0 aromatic heterocycles. The van der Waals surface area contributed by atoms with Crippen LogP contribution >= 0.6 is 0 Å². The first kappa shape index (κ1) is 9.80. The van der Waals surface area contributed by atoms with E-state index < -0.39 is 23.6 Å². The van der Waals surface area contributed by atoms with E-state index in [1.165, 1.54) is 0 Å². The van der Waals surface area contributed by atoms with Gasteiger partial charge >= 0.3 is 0 Å². The monoisotopic (exact) mass is 188 g/mol. The molecule has 1 atom stereocenters. The molecule has 0 radical (unpaired) electrons. The maximum atomic E-state index is 12.6. The number of aliphatic hydroxyl groups is 1. The van der Waals surface area contributed by atoms with Crippen LogP contribution in [0.4, 0.5) is 13.2 Å². The van der Waals surface area contributed by atoms with E-state index in [4.69, 9.17) is 5.11 Å². The van der Waals surface area contributed by atoms with Gasteiger partial charge in [0.2, 0.25) is 0 Å². The van der Waals surface area contributed by atoms with Crippen LogP contribution in [0.3, 0.4) is 0 Å². The third-order valence-corrected chi connectivity index (χ3v) is 1.57. The number of hydrogen-bond acceptors (Lipinski definition) is 1. The molecule has 0 fully saturated rings. The van der Waals surface area contributed by atoms with E-state index in [0.29, 0.717) is 0 Å². The van der Waals surface area contributed by atoms with Crippen LogP contribution in [0.25, 0.3) is 0 Å².